The first-order valence-corrected chi connectivity index (χ1v) is 7.77. The number of rotatable bonds is 5. The van der Waals surface area contributed by atoms with Crippen molar-refractivity contribution in [3.63, 3.8) is 0 Å². The van der Waals surface area contributed by atoms with E-state index in [1.165, 1.54) is 10.9 Å². The van der Waals surface area contributed by atoms with Gasteiger partial charge in [0.1, 0.15) is 16.8 Å². The highest BCUT2D eigenvalue weighted by Gasteiger charge is 2.21. The molecule has 1 aromatic carbocycles. The van der Waals surface area contributed by atoms with Gasteiger partial charge in [-0.15, -0.1) is 0 Å². The molecule has 0 aliphatic heterocycles. The SMILES string of the molecule is Cn1cnc(S(=O)(=O)NCCc2cc(F)cc(F)c2)c1Cl. The Morgan fingerprint density at radius 1 is 1.29 bits per heavy atom. The minimum Gasteiger partial charge on any atom is -0.324 e. The molecule has 0 fully saturated rings. The van der Waals surface area contributed by atoms with Crippen LogP contribution in [-0.2, 0) is 23.5 Å². The van der Waals surface area contributed by atoms with Crippen molar-refractivity contribution in [1.82, 2.24) is 14.3 Å². The zero-order valence-electron chi connectivity index (χ0n) is 11.0. The van der Waals surface area contributed by atoms with E-state index in [4.69, 9.17) is 11.6 Å². The van der Waals surface area contributed by atoms with Crippen molar-refractivity contribution in [3.05, 3.63) is 46.9 Å². The van der Waals surface area contributed by atoms with E-state index in [1.54, 1.807) is 7.05 Å². The maximum Gasteiger partial charge on any atom is 0.261 e. The molecule has 21 heavy (non-hydrogen) atoms. The summed E-state index contributed by atoms with van der Waals surface area (Å²) in [6, 6.07) is 3.04. The highest BCUT2D eigenvalue weighted by Crippen LogP contribution is 2.18. The monoisotopic (exact) mass is 335 g/mol. The van der Waals surface area contributed by atoms with Crippen LogP contribution in [0.4, 0.5) is 8.78 Å². The van der Waals surface area contributed by atoms with E-state index < -0.39 is 21.7 Å². The average molecular weight is 336 g/mol. The van der Waals surface area contributed by atoms with Gasteiger partial charge in [-0.1, -0.05) is 11.6 Å². The van der Waals surface area contributed by atoms with Crippen LogP contribution in [0, 0.1) is 11.6 Å². The molecule has 0 aliphatic rings. The fourth-order valence-electron chi connectivity index (χ4n) is 1.73. The van der Waals surface area contributed by atoms with E-state index in [2.05, 4.69) is 9.71 Å². The molecule has 1 heterocycles. The molecule has 2 aromatic rings. The smallest absolute Gasteiger partial charge is 0.261 e. The van der Waals surface area contributed by atoms with Crippen LogP contribution >= 0.6 is 11.6 Å². The van der Waals surface area contributed by atoms with Crippen molar-refractivity contribution in [2.45, 2.75) is 11.4 Å². The molecule has 5 nitrogen and oxygen atoms in total. The molecule has 0 spiro atoms. The minimum absolute atomic E-state index is 0.0145. The number of imidazole rings is 1. The third-order valence-electron chi connectivity index (χ3n) is 2.72. The van der Waals surface area contributed by atoms with E-state index in [1.807, 2.05) is 0 Å². The first kappa shape index (κ1) is 15.9. The predicted molar refractivity (Wildman–Crippen MR) is 73.5 cm³/mol. The second kappa shape index (κ2) is 6.08. The molecule has 0 radical (unpaired) electrons. The fraction of sp³-hybridized carbons (Fsp3) is 0.250. The molecule has 0 bridgehead atoms. The quantitative estimate of drug-likeness (QED) is 0.907. The summed E-state index contributed by atoms with van der Waals surface area (Å²) >= 11 is 5.81. The lowest BCUT2D eigenvalue weighted by atomic mass is 10.1. The molecule has 114 valence electrons. The number of sulfonamides is 1. The molecule has 0 amide bonds. The lowest BCUT2D eigenvalue weighted by Crippen LogP contribution is -2.26. The van der Waals surface area contributed by atoms with Crippen molar-refractivity contribution in [2.75, 3.05) is 6.54 Å². The third-order valence-corrected chi connectivity index (χ3v) is 4.67. The maximum atomic E-state index is 13.0. The van der Waals surface area contributed by atoms with Crippen molar-refractivity contribution in [2.24, 2.45) is 7.05 Å². The summed E-state index contributed by atoms with van der Waals surface area (Å²) in [5, 5.41) is -0.295. The Kier molecular flexibility index (Phi) is 4.60. The second-order valence-corrected chi connectivity index (χ2v) is 6.42. The van der Waals surface area contributed by atoms with Crippen LogP contribution in [0.25, 0.3) is 0 Å². The molecule has 1 aromatic heterocycles. The molecule has 0 atom stereocenters. The molecule has 0 saturated carbocycles. The van der Waals surface area contributed by atoms with Gasteiger partial charge in [-0.25, -0.2) is 26.9 Å². The van der Waals surface area contributed by atoms with E-state index in [9.17, 15) is 17.2 Å². The van der Waals surface area contributed by atoms with Crippen molar-refractivity contribution in [1.29, 1.82) is 0 Å². The van der Waals surface area contributed by atoms with Gasteiger partial charge in [-0.05, 0) is 24.1 Å². The van der Waals surface area contributed by atoms with Gasteiger partial charge in [0.15, 0.2) is 0 Å². The number of aromatic nitrogens is 2. The fourth-order valence-corrected chi connectivity index (χ4v) is 3.18. The summed E-state index contributed by atoms with van der Waals surface area (Å²) < 4.78 is 53.6. The van der Waals surface area contributed by atoms with Crippen LogP contribution in [0.2, 0.25) is 5.15 Å². The van der Waals surface area contributed by atoms with Crippen molar-refractivity contribution in [3.8, 4) is 0 Å². The number of nitrogens with one attached hydrogen (secondary N) is 1. The van der Waals surface area contributed by atoms with E-state index in [-0.39, 0.29) is 23.1 Å². The standard InChI is InChI=1S/C12H12ClF2N3O2S/c1-18-7-16-12(11(18)13)21(19,20)17-3-2-8-4-9(14)6-10(15)5-8/h4-7,17H,2-3H2,1H3. The van der Waals surface area contributed by atoms with Gasteiger partial charge < -0.3 is 4.57 Å². The van der Waals surface area contributed by atoms with Gasteiger partial charge in [0, 0.05) is 19.7 Å². The Hall–Kier alpha value is -1.51. The van der Waals surface area contributed by atoms with Crippen LogP contribution in [-0.4, -0.2) is 24.5 Å². The first-order chi connectivity index (χ1) is 9.79. The van der Waals surface area contributed by atoms with Crippen LogP contribution < -0.4 is 4.72 Å². The highest BCUT2D eigenvalue weighted by atomic mass is 35.5. The molecular weight excluding hydrogens is 324 g/mol. The van der Waals surface area contributed by atoms with Gasteiger partial charge >= 0.3 is 0 Å². The summed E-state index contributed by atoms with van der Waals surface area (Å²) in [5.74, 6) is -1.42. The Bertz CT molecular complexity index is 742. The normalized spacial score (nSPS) is 11.8. The predicted octanol–water partition coefficient (Wildman–Crippen LogP) is 1.87. The zero-order chi connectivity index (χ0) is 15.6. The minimum atomic E-state index is -3.86. The first-order valence-electron chi connectivity index (χ1n) is 5.91. The van der Waals surface area contributed by atoms with Crippen LogP contribution in [0.1, 0.15) is 5.56 Å². The van der Waals surface area contributed by atoms with Crippen molar-refractivity contribution < 1.29 is 17.2 Å². The summed E-state index contributed by atoms with van der Waals surface area (Å²) in [5.41, 5.74) is 0.349. The number of benzene rings is 1. The molecular formula is C12H12ClF2N3O2S. The Balaban J connectivity index is 2.04. The molecule has 2 rings (SSSR count). The van der Waals surface area contributed by atoms with E-state index in [0.29, 0.717) is 5.56 Å². The lowest BCUT2D eigenvalue weighted by Gasteiger charge is -2.06. The third kappa shape index (κ3) is 3.78. The largest absolute Gasteiger partial charge is 0.324 e. The zero-order valence-corrected chi connectivity index (χ0v) is 12.5. The van der Waals surface area contributed by atoms with E-state index >= 15 is 0 Å². The molecule has 9 heteroatoms. The Morgan fingerprint density at radius 2 is 1.90 bits per heavy atom. The molecule has 0 unspecified atom stereocenters. The van der Waals surface area contributed by atoms with Gasteiger partial charge in [0.05, 0.1) is 6.33 Å². The number of nitrogens with zero attached hydrogens (tertiary/aromatic N) is 2. The molecule has 1 N–H and O–H groups in total. The maximum absolute atomic E-state index is 13.0. The number of halogens is 3. The van der Waals surface area contributed by atoms with Crippen LogP contribution in [0.3, 0.4) is 0 Å². The highest BCUT2D eigenvalue weighted by molar-refractivity contribution is 7.89. The number of hydrogen-bond donors (Lipinski definition) is 1. The number of aryl methyl sites for hydroxylation is 1. The lowest BCUT2D eigenvalue weighted by molar-refractivity contribution is 0.574. The Labute approximate surface area is 125 Å². The summed E-state index contributed by atoms with van der Waals surface area (Å²) in [4.78, 5) is 3.70. The summed E-state index contributed by atoms with van der Waals surface area (Å²) in [7, 11) is -2.30. The molecule has 0 saturated heterocycles. The summed E-state index contributed by atoms with van der Waals surface area (Å²) in [6.45, 7) is -0.0296. The van der Waals surface area contributed by atoms with Gasteiger partial charge in [0.25, 0.3) is 10.0 Å². The topological polar surface area (TPSA) is 64.0 Å². The van der Waals surface area contributed by atoms with Crippen molar-refractivity contribution >= 4 is 21.6 Å². The van der Waals surface area contributed by atoms with E-state index in [0.717, 1.165) is 18.2 Å². The van der Waals surface area contributed by atoms with Gasteiger partial charge in [-0.2, -0.15) is 0 Å². The summed E-state index contributed by atoms with van der Waals surface area (Å²) in [6.07, 6.45) is 1.41. The van der Waals surface area contributed by atoms with Gasteiger partial charge in [-0.3, -0.25) is 0 Å². The molecule has 0 aliphatic carbocycles. The second-order valence-electron chi connectivity index (χ2n) is 4.38. The number of hydrogen-bond acceptors (Lipinski definition) is 3. The van der Waals surface area contributed by atoms with Crippen LogP contribution in [0.5, 0.6) is 0 Å². The van der Waals surface area contributed by atoms with Gasteiger partial charge in [0.2, 0.25) is 5.03 Å². The average Bonchev–Trinajstić information content (AvgIpc) is 2.69. The Morgan fingerprint density at radius 3 is 2.43 bits per heavy atom. The van der Waals surface area contributed by atoms with Crippen LogP contribution in [0.15, 0.2) is 29.6 Å².